The summed E-state index contributed by atoms with van der Waals surface area (Å²) >= 11 is 5.15. The zero-order valence-corrected chi connectivity index (χ0v) is 15.2. The van der Waals surface area contributed by atoms with Crippen LogP contribution in [0.3, 0.4) is 0 Å². The number of aromatic nitrogens is 2. The van der Waals surface area contributed by atoms with E-state index >= 15 is 0 Å². The molecule has 27 heavy (non-hydrogen) atoms. The monoisotopic (exact) mass is 377 g/mol. The number of cyclic esters (lactones) is 1. The standard InChI is InChI=1S/C20H15N3O3S/c1-2-25-14-10-8-13(9-11-14)21-18-15-16(20(27)26-19(15)24)22-17(23-18)12-6-4-3-5-7-12/h3-11H,2H2,1H3,(H,21,22,23). The molecule has 0 atom stereocenters. The number of carbonyl (C=O) groups is 1. The molecule has 0 amide bonds. The SMILES string of the molecule is CCOc1ccc(Nc2nc(-c3ccccc3)nc3c2C(=O)OC3=S)cc1. The van der Waals surface area contributed by atoms with E-state index in [0.29, 0.717) is 23.9 Å². The third kappa shape index (κ3) is 3.37. The Morgan fingerprint density at radius 1 is 1.07 bits per heavy atom. The molecule has 0 saturated carbocycles. The Balaban J connectivity index is 1.77. The van der Waals surface area contributed by atoms with E-state index in [1.807, 2.05) is 61.5 Å². The molecule has 4 rings (SSSR count). The van der Waals surface area contributed by atoms with Gasteiger partial charge in [-0.25, -0.2) is 14.8 Å². The van der Waals surface area contributed by atoms with Crippen molar-refractivity contribution in [1.82, 2.24) is 9.97 Å². The average molecular weight is 377 g/mol. The second-order valence-electron chi connectivity index (χ2n) is 5.74. The fourth-order valence-electron chi connectivity index (χ4n) is 2.73. The zero-order chi connectivity index (χ0) is 18.8. The van der Waals surface area contributed by atoms with Crippen LogP contribution in [0.25, 0.3) is 11.4 Å². The molecule has 6 nitrogen and oxygen atoms in total. The van der Waals surface area contributed by atoms with Gasteiger partial charge in [0.25, 0.3) is 0 Å². The smallest absolute Gasteiger partial charge is 0.350 e. The van der Waals surface area contributed by atoms with E-state index in [1.165, 1.54) is 0 Å². The molecule has 1 aliphatic heterocycles. The minimum absolute atomic E-state index is 0.0596. The van der Waals surface area contributed by atoms with Crippen LogP contribution in [0.4, 0.5) is 11.5 Å². The Kier molecular flexibility index (Phi) is 4.52. The van der Waals surface area contributed by atoms with Crippen molar-refractivity contribution in [2.75, 3.05) is 11.9 Å². The Morgan fingerprint density at radius 2 is 1.81 bits per heavy atom. The van der Waals surface area contributed by atoms with Gasteiger partial charge in [-0.3, -0.25) is 0 Å². The number of hydrogen-bond donors (Lipinski definition) is 1. The van der Waals surface area contributed by atoms with Gasteiger partial charge in [-0.1, -0.05) is 30.3 Å². The molecule has 0 radical (unpaired) electrons. The number of thiocarbonyl (C=S) groups is 1. The molecule has 2 aromatic carbocycles. The number of ether oxygens (including phenoxy) is 2. The fraction of sp³-hybridized carbons (Fsp3) is 0.100. The molecule has 0 fully saturated rings. The normalized spacial score (nSPS) is 12.5. The third-order valence-electron chi connectivity index (χ3n) is 3.95. The van der Waals surface area contributed by atoms with Crippen LogP contribution < -0.4 is 10.1 Å². The van der Waals surface area contributed by atoms with Crippen LogP contribution in [0.5, 0.6) is 5.75 Å². The van der Waals surface area contributed by atoms with E-state index in [4.69, 9.17) is 21.7 Å². The van der Waals surface area contributed by atoms with E-state index in [9.17, 15) is 4.79 Å². The molecule has 2 heterocycles. The number of nitrogens with zero attached hydrogens (tertiary/aromatic N) is 2. The molecule has 1 N–H and O–H groups in total. The molecule has 1 aliphatic rings. The lowest BCUT2D eigenvalue weighted by atomic mass is 10.1. The number of fused-ring (bicyclic) bond motifs is 1. The largest absolute Gasteiger partial charge is 0.494 e. The van der Waals surface area contributed by atoms with Crippen molar-refractivity contribution in [1.29, 1.82) is 0 Å². The van der Waals surface area contributed by atoms with Gasteiger partial charge in [-0.15, -0.1) is 0 Å². The molecule has 0 unspecified atom stereocenters. The summed E-state index contributed by atoms with van der Waals surface area (Å²) in [5.41, 5.74) is 2.15. The molecule has 3 aromatic rings. The number of hydrogen-bond acceptors (Lipinski definition) is 7. The highest BCUT2D eigenvalue weighted by atomic mass is 32.1. The van der Waals surface area contributed by atoms with Crippen molar-refractivity contribution in [3.05, 3.63) is 65.9 Å². The number of rotatable bonds is 5. The predicted molar refractivity (Wildman–Crippen MR) is 105 cm³/mol. The summed E-state index contributed by atoms with van der Waals surface area (Å²) in [6.07, 6.45) is 0. The summed E-state index contributed by atoms with van der Waals surface area (Å²) in [7, 11) is 0. The zero-order valence-electron chi connectivity index (χ0n) is 14.4. The lowest BCUT2D eigenvalue weighted by Crippen LogP contribution is -2.07. The second kappa shape index (κ2) is 7.13. The van der Waals surface area contributed by atoms with E-state index in [-0.39, 0.29) is 10.6 Å². The maximum atomic E-state index is 12.2. The summed E-state index contributed by atoms with van der Waals surface area (Å²) < 4.78 is 10.5. The summed E-state index contributed by atoms with van der Waals surface area (Å²) in [5.74, 6) is 1.03. The fourth-order valence-corrected chi connectivity index (χ4v) is 2.95. The van der Waals surface area contributed by atoms with Gasteiger partial charge in [0, 0.05) is 11.3 Å². The van der Waals surface area contributed by atoms with Gasteiger partial charge in [0.2, 0.25) is 5.05 Å². The Hall–Kier alpha value is -3.32. The van der Waals surface area contributed by atoms with Gasteiger partial charge in [-0.05, 0) is 43.4 Å². The summed E-state index contributed by atoms with van der Waals surface area (Å²) in [5, 5.41) is 3.23. The van der Waals surface area contributed by atoms with Crippen LogP contribution in [0.2, 0.25) is 0 Å². The minimum Gasteiger partial charge on any atom is -0.494 e. The molecule has 0 aliphatic carbocycles. The molecule has 134 valence electrons. The molecule has 0 saturated heterocycles. The molecule has 7 heteroatoms. The van der Waals surface area contributed by atoms with Gasteiger partial charge < -0.3 is 14.8 Å². The van der Waals surface area contributed by atoms with Gasteiger partial charge >= 0.3 is 5.97 Å². The van der Waals surface area contributed by atoms with E-state index in [2.05, 4.69) is 15.3 Å². The Labute approximate surface area is 161 Å². The van der Waals surface area contributed by atoms with Crippen LogP contribution >= 0.6 is 12.2 Å². The Bertz CT molecular complexity index is 1020. The van der Waals surface area contributed by atoms with Crippen molar-refractivity contribution >= 4 is 34.7 Å². The molecular formula is C20H15N3O3S. The van der Waals surface area contributed by atoms with Crippen LogP contribution in [-0.2, 0) is 4.74 Å². The van der Waals surface area contributed by atoms with Crippen molar-refractivity contribution in [3.8, 4) is 17.1 Å². The summed E-state index contributed by atoms with van der Waals surface area (Å²) in [6, 6.07) is 16.9. The lowest BCUT2D eigenvalue weighted by Gasteiger charge is -2.11. The Morgan fingerprint density at radius 3 is 2.52 bits per heavy atom. The van der Waals surface area contributed by atoms with Crippen molar-refractivity contribution in [2.24, 2.45) is 0 Å². The molecule has 1 aromatic heterocycles. The number of carbonyl (C=O) groups excluding carboxylic acids is 1. The maximum Gasteiger partial charge on any atom is 0.350 e. The first-order valence-corrected chi connectivity index (χ1v) is 8.80. The van der Waals surface area contributed by atoms with Crippen molar-refractivity contribution in [3.63, 3.8) is 0 Å². The van der Waals surface area contributed by atoms with Crippen molar-refractivity contribution in [2.45, 2.75) is 6.92 Å². The summed E-state index contributed by atoms with van der Waals surface area (Å²) in [4.78, 5) is 21.2. The molecular weight excluding hydrogens is 362 g/mol. The first kappa shape index (κ1) is 17.1. The number of nitrogens with one attached hydrogen (secondary N) is 1. The van der Waals surface area contributed by atoms with Crippen molar-refractivity contribution < 1.29 is 14.3 Å². The summed E-state index contributed by atoms with van der Waals surface area (Å²) in [6.45, 7) is 2.52. The van der Waals surface area contributed by atoms with E-state index < -0.39 is 5.97 Å². The first-order valence-electron chi connectivity index (χ1n) is 8.39. The first-order chi connectivity index (χ1) is 13.2. The highest BCUT2D eigenvalue weighted by molar-refractivity contribution is 7.80. The number of esters is 1. The number of anilines is 2. The average Bonchev–Trinajstić information content (AvgIpc) is 2.98. The highest BCUT2D eigenvalue weighted by Gasteiger charge is 2.33. The predicted octanol–water partition coefficient (Wildman–Crippen LogP) is 4.13. The van der Waals surface area contributed by atoms with Crippen LogP contribution in [0.1, 0.15) is 23.0 Å². The van der Waals surface area contributed by atoms with Gasteiger partial charge in [-0.2, -0.15) is 0 Å². The van der Waals surface area contributed by atoms with Crippen LogP contribution in [-0.4, -0.2) is 27.6 Å². The quantitative estimate of drug-likeness (QED) is 0.529. The number of benzene rings is 2. The van der Waals surface area contributed by atoms with E-state index in [1.54, 1.807) is 0 Å². The maximum absolute atomic E-state index is 12.2. The van der Waals surface area contributed by atoms with Gasteiger partial charge in [0.15, 0.2) is 5.82 Å². The molecule has 0 spiro atoms. The molecule has 0 bridgehead atoms. The third-order valence-corrected chi connectivity index (χ3v) is 4.23. The van der Waals surface area contributed by atoms with Crippen LogP contribution in [0, 0.1) is 0 Å². The van der Waals surface area contributed by atoms with Gasteiger partial charge in [0.05, 0.1) is 6.61 Å². The van der Waals surface area contributed by atoms with Crippen LogP contribution in [0.15, 0.2) is 54.6 Å². The van der Waals surface area contributed by atoms with E-state index in [0.717, 1.165) is 17.0 Å². The minimum atomic E-state index is -0.553. The highest BCUT2D eigenvalue weighted by Crippen LogP contribution is 2.30. The topological polar surface area (TPSA) is 73.3 Å². The second-order valence-corrected chi connectivity index (χ2v) is 6.12. The lowest BCUT2D eigenvalue weighted by molar-refractivity contribution is 0.0742. The van der Waals surface area contributed by atoms with Gasteiger partial charge in [0.1, 0.15) is 22.8 Å².